The van der Waals surface area contributed by atoms with Crippen molar-refractivity contribution in [2.75, 3.05) is 19.6 Å². The van der Waals surface area contributed by atoms with Crippen LogP contribution in [0, 0.1) is 11.6 Å². The lowest BCUT2D eigenvalue weighted by Gasteiger charge is -2.32. The van der Waals surface area contributed by atoms with E-state index in [1.807, 2.05) is 0 Å². The molecule has 1 aliphatic rings. The van der Waals surface area contributed by atoms with Crippen molar-refractivity contribution in [1.29, 1.82) is 0 Å². The van der Waals surface area contributed by atoms with E-state index in [0.717, 1.165) is 51.0 Å². The molecule has 1 aromatic rings. The molecule has 0 aliphatic carbocycles. The van der Waals surface area contributed by atoms with Crippen molar-refractivity contribution >= 4 is 21.8 Å². The molecule has 0 aromatic heterocycles. The number of likely N-dealkylation sites (tertiary alicyclic amines) is 1. The van der Waals surface area contributed by atoms with Gasteiger partial charge in [0.2, 0.25) is 0 Å². The van der Waals surface area contributed by atoms with Gasteiger partial charge in [-0.2, -0.15) is 0 Å². The lowest BCUT2D eigenvalue weighted by atomic mass is 10.0. The van der Waals surface area contributed by atoms with E-state index < -0.39 is 23.1 Å². The van der Waals surface area contributed by atoms with Gasteiger partial charge in [0.25, 0.3) is 5.91 Å². The molecule has 6 heteroatoms. The second kappa shape index (κ2) is 7.31. The minimum Gasteiger partial charge on any atom is -0.349 e. The fourth-order valence-electron chi connectivity index (χ4n) is 2.63. The van der Waals surface area contributed by atoms with E-state index in [1.54, 1.807) is 0 Å². The third-order valence-corrected chi connectivity index (χ3v) is 4.15. The summed E-state index contributed by atoms with van der Waals surface area (Å²) < 4.78 is 27.8. The van der Waals surface area contributed by atoms with Gasteiger partial charge in [0, 0.05) is 23.6 Å². The SMILES string of the molecule is CCCN1CCC(NC(=O)c2c(F)cc(Br)cc2F)CC1. The van der Waals surface area contributed by atoms with E-state index in [1.165, 1.54) is 0 Å². The van der Waals surface area contributed by atoms with Crippen LogP contribution in [0.25, 0.3) is 0 Å². The number of nitrogens with zero attached hydrogens (tertiary/aromatic N) is 1. The molecule has 0 spiro atoms. The van der Waals surface area contributed by atoms with E-state index in [4.69, 9.17) is 0 Å². The molecule has 1 aromatic carbocycles. The highest BCUT2D eigenvalue weighted by Gasteiger charge is 2.24. The fourth-order valence-corrected chi connectivity index (χ4v) is 3.04. The molecule has 0 atom stereocenters. The summed E-state index contributed by atoms with van der Waals surface area (Å²) >= 11 is 3.00. The van der Waals surface area contributed by atoms with Gasteiger partial charge in [-0.05, 0) is 37.9 Å². The van der Waals surface area contributed by atoms with Crippen LogP contribution < -0.4 is 5.32 Å². The minimum atomic E-state index is -0.845. The third kappa shape index (κ3) is 4.23. The van der Waals surface area contributed by atoms with Crippen molar-refractivity contribution in [3.05, 3.63) is 33.8 Å². The van der Waals surface area contributed by atoms with Crippen LogP contribution in [0.15, 0.2) is 16.6 Å². The highest BCUT2D eigenvalue weighted by molar-refractivity contribution is 9.10. The van der Waals surface area contributed by atoms with Crippen LogP contribution in [0.5, 0.6) is 0 Å². The van der Waals surface area contributed by atoms with Gasteiger partial charge in [-0.15, -0.1) is 0 Å². The summed E-state index contributed by atoms with van der Waals surface area (Å²) in [6.45, 7) is 5.00. The molecule has 1 aliphatic heterocycles. The largest absolute Gasteiger partial charge is 0.349 e. The second-order valence-electron chi connectivity index (χ2n) is 5.33. The maximum absolute atomic E-state index is 13.7. The maximum atomic E-state index is 13.7. The van der Waals surface area contributed by atoms with Crippen molar-refractivity contribution in [3.8, 4) is 0 Å². The first kappa shape index (κ1) is 16.4. The van der Waals surface area contributed by atoms with Crippen LogP contribution in [0.1, 0.15) is 36.5 Å². The Bertz CT molecular complexity index is 493. The van der Waals surface area contributed by atoms with Crippen LogP contribution in [-0.4, -0.2) is 36.5 Å². The summed E-state index contributed by atoms with van der Waals surface area (Å²) in [5.41, 5.74) is -0.505. The zero-order valence-corrected chi connectivity index (χ0v) is 13.6. The first-order valence-corrected chi connectivity index (χ1v) is 7.98. The van der Waals surface area contributed by atoms with Crippen molar-refractivity contribution in [2.45, 2.75) is 32.2 Å². The smallest absolute Gasteiger partial charge is 0.257 e. The molecular weight excluding hydrogens is 342 g/mol. The average molecular weight is 361 g/mol. The van der Waals surface area contributed by atoms with Gasteiger partial charge >= 0.3 is 0 Å². The summed E-state index contributed by atoms with van der Waals surface area (Å²) in [6.07, 6.45) is 2.73. The van der Waals surface area contributed by atoms with Gasteiger partial charge in [-0.25, -0.2) is 8.78 Å². The van der Waals surface area contributed by atoms with Gasteiger partial charge < -0.3 is 10.2 Å². The molecule has 1 saturated heterocycles. The Labute approximate surface area is 131 Å². The van der Waals surface area contributed by atoms with Crippen LogP contribution in [0.2, 0.25) is 0 Å². The average Bonchev–Trinajstić information content (AvgIpc) is 2.40. The van der Waals surface area contributed by atoms with E-state index in [2.05, 4.69) is 33.1 Å². The Morgan fingerprint density at radius 1 is 1.33 bits per heavy atom. The van der Waals surface area contributed by atoms with Gasteiger partial charge in [0.15, 0.2) is 0 Å². The molecule has 1 fully saturated rings. The molecule has 0 radical (unpaired) electrons. The molecule has 1 heterocycles. The Morgan fingerprint density at radius 2 is 1.90 bits per heavy atom. The number of hydrogen-bond acceptors (Lipinski definition) is 2. The highest BCUT2D eigenvalue weighted by Crippen LogP contribution is 2.20. The van der Waals surface area contributed by atoms with E-state index in [-0.39, 0.29) is 10.5 Å². The number of halogens is 3. The zero-order chi connectivity index (χ0) is 15.4. The quantitative estimate of drug-likeness (QED) is 0.892. The van der Waals surface area contributed by atoms with Crippen molar-refractivity contribution < 1.29 is 13.6 Å². The number of carbonyl (C=O) groups is 1. The minimum absolute atomic E-state index is 0.0203. The molecule has 116 valence electrons. The second-order valence-corrected chi connectivity index (χ2v) is 6.25. The Balaban J connectivity index is 1.97. The summed E-state index contributed by atoms with van der Waals surface area (Å²) in [5, 5.41) is 2.74. The molecule has 0 saturated carbocycles. The molecule has 0 unspecified atom stereocenters. The zero-order valence-electron chi connectivity index (χ0n) is 12.0. The predicted octanol–water partition coefficient (Wildman–Crippen LogP) is 3.33. The Hall–Kier alpha value is -1.01. The normalized spacial score (nSPS) is 17.0. The van der Waals surface area contributed by atoms with Crippen molar-refractivity contribution in [3.63, 3.8) is 0 Å². The summed E-state index contributed by atoms with van der Waals surface area (Å²) in [5.74, 6) is -2.36. The topological polar surface area (TPSA) is 32.3 Å². The Morgan fingerprint density at radius 3 is 2.43 bits per heavy atom. The number of piperidine rings is 1. The van der Waals surface area contributed by atoms with Crippen LogP contribution in [0.3, 0.4) is 0 Å². The monoisotopic (exact) mass is 360 g/mol. The summed E-state index contributed by atoms with van der Waals surface area (Å²) in [7, 11) is 0. The summed E-state index contributed by atoms with van der Waals surface area (Å²) in [4.78, 5) is 14.4. The van der Waals surface area contributed by atoms with Crippen LogP contribution >= 0.6 is 15.9 Å². The standard InChI is InChI=1S/C15H19BrF2N2O/c1-2-5-20-6-3-11(4-7-20)19-15(21)14-12(17)8-10(16)9-13(14)18/h8-9,11H,2-7H2,1H3,(H,19,21). The first-order valence-electron chi connectivity index (χ1n) is 7.19. The fraction of sp³-hybridized carbons (Fsp3) is 0.533. The lowest BCUT2D eigenvalue weighted by molar-refractivity contribution is 0.0902. The maximum Gasteiger partial charge on any atom is 0.257 e. The first-order chi connectivity index (χ1) is 10.0. The van der Waals surface area contributed by atoms with E-state index in [0.29, 0.717) is 0 Å². The van der Waals surface area contributed by atoms with Crippen molar-refractivity contribution in [2.24, 2.45) is 0 Å². The van der Waals surface area contributed by atoms with E-state index >= 15 is 0 Å². The molecule has 2 rings (SSSR count). The van der Waals surface area contributed by atoms with Crippen molar-refractivity contribution in [1.82, 2.24) is 10.2 Å². The van der Waals surface area contributed by atoms with Gasteiger partial charge in [0.05, 0.1) is 0 Å². The number of hydrogen-bond donors (Lipinski definition) is 1. The van der Waals surface area contributed by atoms with Gasteiger partial charge in [0.1, 0.15) is 17.2 Å². The highest BCUT2D eigenvalue weighted by atomic mass is 79.9. The number of benzene rings is 1. The molecule has 1 amide bonds. The number of nitrogens with one attached hydrogen (secondary N) is 1. The predicted molar refractivity (Wildman–Crippen MR) is 81.3 cm³/mol. The van der Waals surface area contributed by atoms with Gasteiger partial charge in [-0.1, -0.05) is 22.9 Å². The Kier molecular flexibility index (Phi) is 5.70. The van der Waals surface area contributed by atoms with Crippen LogP contribution in [0.4, 0.5) is 8.78 Å². The third-order valence-electron chi connectivity index (χ3n) is 3.70. The number of amides is 1. The van der Waals surface area contributed by atoms with E-state index in [9.17, 15) is 13.6 Å². The number of carbonyl (C=O) groups excluding carboxylic acids is 1. The molecule has 1 N–H and O–H groups in total. The lowest BCUT2D eigenvalue weighted by Crippen LogP contribution is -2.45. The molecular formula is C15H19BrF2N2O. The van der Waals surface area contributed by atoms with Gasteiger partial charge in [-0.3, -0.25) is 4.79 Å². The molecule has 21 heavy (non-hydrogen) atoms. The molecule has 0 bridgehead atoms. The van der Waals surface area contributed by atoms with Crippen LogP contribution in [-0.2, 0) is 0 Å². The number of rotatable bonds is 4. The summed E-state index contributed by atoms with van der Waals surface area (Å²) in [6, 6.07) is 2.18. The molecule has 3 nitrogen and oxygen atoms in total.